The average molecular weight is 347 g/mol. The van der Waals surface area contributed by atoms with Crippen LogP contribution >= 0.6 is 0 Å². The highest BCUT2D eigenvalue weighted by Gasteiger charge is 2.40. The molecule has 0 saturated carbocycles. The summed E-state index contributed by atoms with van der Waals surface area (Å²) in [5, 5.41) is 10.3. The molecule has 0 amide bonds. The largest absolute Gasteiger partial charge is 0.389 e. The lowest BCUT2D eigenvalue weighted by Crippen LogP contribution is -2.46. The molecule has 0 saturated heterocycles. The van der Waals surface area contributed by atoms with Gasteiger partial charge in [-0.1, -0.05) is 97.9 Å². The normalized spacial score (nSPS) is 14.0. The highest BCUT2D eigenvalue weighted by molar-refractivity contribution is 5.47. The van der Waals surface area contributed by atoms with E-state index in [-0.39, 0.29) is 0 Å². The van der Waals surface area contributed by atoms with Crippen LogP contribution in [0.5, 0.6) is 0 Å². The smallest absolute Gasteiger partial charge is 0.145 e. The van der Waals surface area contributed by atoms with E-state index in [2.05, 4.69) is 0 Å². The lowest BCUT2D eigenvalue weighted by Gasteiger charge is -2.39. The summed E-state index contributed by atoms with van der Waals surface area (Å²) in [6.45, 7) is 1.89. The summed E-state index contributed by atoms with van der Waals surface area (Å²) in [7, 11) is 0. The van der Waals surface area contributed by atoms with Gasteiger partial charge in [-0.2, -0.15) is 0 Å². The molecule has 0 aliphatic heterocycles. The number of benzene rings is 3. The number of nitrogens with two attached hydrogens (primary N) is 1. The van der Waals surface area contributed by atoms with Gasteiger partial charge in [-0.3, -0.25) is 0 Å². The summed E-state index contributed by atoms with van der Waals surface area (Å²) >= 11 is 0. The summed E-state index contributed by atoms with van der Waals surface area (Å²) in [6.07, 6.45) is -1.04. The van der Waals surface area contributed by atoms with Crippen molar-refractivity contribution in [2.45, 2.75) is 31.3 Å². The summed E-state index contributed by atoms with van der Waals surface area (Å²) in [6, 6.07) is 30.1. The monoisotopic (exact) mass is 347 g/mol. The number of hydrogen-bond acceptors (Lipinski definition) is 3. The third kappa shape index (κ3) is 3.56. The van der Waals surface area contributed by atoms with Crippen molar-refractivity contribution < 1.29 is 9.84 Å². The second kappa shape index (κ2) is 8.28. The van der Waals surface area contributed by atoms with Crippen LogP contribution in [0.2, 0.25) is 0 Å². The third-order valence-corrected chi connectivity index (χ3v) is 4.65. The lowest BCUT2D eigenvalue weighted by molar-refractivity contribution is -0.0996. The maximum atomic E-state index is 10.3. The van der Waals surface area contributed by atoms with Crippen LogP contribution in [0.15, 0.2) is 91.0 Å². The molecule has 0 aromatic heterocycles. The van der Waals surface area contributed by atoms with Gasteiger partial charge in [-0.25, -0.2) is 0 Å². The number of aliphatic hydroxyl groups excluding tert-OH is 1. The van der Waals surface area contributed by atoms with Gasteiger partial charge >= 0.3 is 0 Å². The van der Waals surface area contributed by atoms with Crippen molar-refractivity contribution in [2.75, 3.05) is 0 Å². The fourth-order valence-electron chi connectivity index (χ4n) is 3.24. The van der Waals surface area contributed by atoms with Gasteiger partial charge in [0, 0.05) is 0 Å². The molecule has 134 valence electrons. The van der Waals surface area contributed by atoms with Crippen molar-refractivity contribution in [1.29, 1.82) is 0 Å². The van der Waals surface area contributed by atoms with Crippen LogP contribution in [-0.4, -0.2) is 17.4 Å². The van der Waals surface area contributed by atoms with Crippen LogP contribution in [0, 0.1) is 0 Å². The molecule has 3 nitrogen and oxygen atoms in total. The molecule has 3 rings (SSSR count). The lowest BCUT2D eigenvalue weighted by atomic mass is 9.80. The predicted octanol–water partition coefficient (Wildman–Crippen LogP) is 4.05. The van der Waals surface area contributed by atoms with Gasteiger partial charge in [0.1, 0.15) is 11.8 Å². The fraction of sp³-hybridized carbons (Fsp3) is 0.217. The molecule has 3 N–H and O–H groups in total. The number of rotatable bonds is 7. The van der Waals surface area contributed by atoms with Gasteiger partial charge in [0.15, 0.2) is 0 Å². The summed E-state index contributed by atoms with van der Waals surface area (Å²) in [5.74, 6) is 0. The Labute approximate surface area is 155 Å². The van der Waals surface area contributed by atoms with Crippen molar-refractivity contribution in [1.82, 2.24) is 0 Å². The molecule has 0 aliphatic carbocycles. The quantitative estimate of drug-likeness (QED) is 0.501. The van der Waals surface area contributed by atoms with Crippen LogP contribution in [-0.2, 0) is 10.3 Å². The van der Waals surface area contributed by atoms with Crippen molar-refractivity contribution in [3.8, 4) is 0 Å². The first-order chi connectivity index (χ1) is 12.7. The van der Waals surface area contributed by atoms with E-state index in [0.29, 0.717) is 6.42 Å². The highest BCUT2D eigenvalue weighted by Crippen LogP contribution is 2.41. The minimum Gasteiger partial charge on any atom is -0.389 e. The molecule has 2 atom stereocenters. The molecule has 2 unspecified atom stereocenters. The standard InChI is InChI=1S/C23H25NO2/c1-2-21(25)22(24)26-23(18-12-6-3-7-13-18,19-14-8-4-9-15-19)20-16-10-5-11-17-20/h3-17,21-22,25H,2,24H2,1H3. The van der Waals surface area contributed by atoms with E-state index in [1.54, 1.807) is 0 Å². The zero-order chi connectivity index (χ0) is 18.4. The van der Waals surface area contributed by atoms with Crippen LogP contribution in [0.3, 0.4) is 0 Å². The van der Waals surface area contributed by atoms with Crippen LogP contribution in [0.4, 0.5) is 0 Å². The predicted molar refractivity (Wildman–Crippen MR) is 105 cm³/mol. The minimum atomic E-state index is -0.903. The van der Waals surface area contributed by atoms with Crippen molar-refractivity contribution in [3.05, 3.63) is 108 Å². The van der Waals surface area contributed by atoms with Crippen molar-refractivity contribution >= 4 is 0 Å². The van der Waals surface area contributed by atoms with Gasteiger partial charge < -0.3 is 15.6 Å². The van der Waals surface area contributed by atoms with E-state index < -0.39 is 17.9 Å². The summed E-state index contributed by atoms with van der Waals surface area (Å²) in [4.78, 5) is 0. The molecule has 3 aromatic rings. The van der Waals surface area contributed by atoms with Gasteiger partial charge in [0.25, 0.3) is 0 Å². The highest BCUT2D eigenvalue weighted by atomic mass is 16.5. The molecular formula is C23H25NO2. The zero-order valence-electron chi connectivity index (χ0n) is 15.0. The fourth-order valence-corrected chi connectivity index (χ4v) is 3.24. The molecule has 0 heterocycles. The molecule has 0 aliphatic rings. The maximum absolute atomic E-state index is 10.3. The van der Waals surface area contributed by atoms with E-state index in [0.717, 1.165) is 16.7 Å². The maximum Gasteiger partial charge on any atom is 0.145 e. The molecule has 0 spiro atoms. The number of ether oxygens (including phenoxy) is 1. The van der Waals surface area contributed by atoms with Gasteiger partial charge in [-0.05, 0) is 23.1 Å². The minimum absolute atomic E-state index is 0.523. The SMILES string of the molecule is CCC(O)C(N)OC(c1ccccc1)(c1ccccc1)c1ccccc1. The van der Waals surface area contributed by atoms with E-state index in [4.69, 9.17) is 10.5 Å². The molecule has 0 radical (unpaired) electrons. The Kier molecular flexibility index (Phi) is 5.84. The molecule has 3 heteroatoms. The Bertz CT molecular complexity index is 694. The third-order valence-electron chi connectivity index (χ3n) is 4.65. The van der Waals surface area contributed by atoms with E-state index in [9.17, 15) is 5.11 Å². The first kappa shape index (κ1) is 18.3. The first-order valence-corrected chi connectivity index (χ1v) is 8.96. The second-order valence-corrected chi connectivity index (χ2v) is 6.34. The Morgan fingerprint density at radius 2 is 1.12 bits per heavy atom. The van der Waals surface area contributed by atoms with Crippen LogP contribution in [0.25, 0.3) is 0 Å². The Hall–Kier alpha value is -2.46. The molecule has 3 aromatic carbocycles. The number of hydrogen-bond donors (Lipinski definition) is 2. The van der Waals surface area contributed by atoms with Gasteiger partial charge in [0.05, 0.1) is 6.10 Å². The Balaban J connectivity index is 2.24. The van der Waals surface area contributed by atoms with Crippen LogP contribution in [0.1, 0.15) is 30.0 Å². The first-order valence-electron chi connectivity index (χ1n) is 8.96. The van der Waals surface area contributed by atoms with Crippen molar-refractivity contribution in [3.63, 3.8) is 0 Å². The van der Waals surface area contributed by atoms with Crippen molar-refractivity contribution in [2.24, 2.45) is 5.73 Å². The summed E-state index contributed by atoms with van der Waals surface area (Å²) < 4.78 is 6.48. The topological polar surface area (TPSA) is 55.5 Å². The Morgan fingerprint density at radius 1 is 0.769 bits per heavy atom. The molecular weight excluding hydrogens is 322 g/mol. The van der Waals surface area contributed by atoms with E-state index >= 15 is 0 Å². The second-order valence-electron chi connectivity index (χ2n) is 6.34. The zero-order valence-corrected chi connectivity index (χ0v) is 15.0. The molecule has 0 bridgehead atoms. The van der Waals surface area contributed by atoms with Gasteiger partial charge in [0.2, 0.25) is 0 Å². The van der Waals surface area contributed by atoms with E-state index in [1.165, 1.54) is 0 Å². The molecule has 0 fully saturated rings. The van der Waals surface area contributed by atoms with Crippen LogP contribution < -0.4 is 5.73 Å². The van der Waals surface area contributed by atoms with E-state index in [1.807, 2.05) is 97.9 Å². The molecule has 26 heavy (non-hydrogen) atoms. The Morgan fingerprint density at radius 3 is 1.42 bits per heavy atom. The average Bonchev–Trinajstić information content (AvgIpc) is 2.73. The number of aliphatic hydroxyl groups is 1. The van der Waals surface area contributed by atoms with Gasteiger partial charge in [-0.15, -0.1) is 0 Å². The summed E-state index contributed by atoms with van der Waals surface area (Å²) in [5.41, 5.74) is 8.26.